The monoisotopic (exact) mass is 734 g/mol. The standard InChI is InChI=1S/C39H41F3N4O5S/c1-23(36(47)50-6)17-24-9-7-10-26(18-24)39(4)15-8-14-38(2,3)22-52(48,49)16-13-25-21-43-34-28(25)20-31(32(41)33(34)42)51-27-11-12-30(40)29(19-27)35-44-37(39)45-46(35)5/h7,9-13,16,18-21,23,43H,8,14-15,17,22H2,1-6H3/b16-13-/t23-,39+/m0/s1. The maximum Gasteiger partial charge on any atom is 0.308 e. The van der Waals surface area contributed by atoms with E-state index < -0.39 is 43.9 Å². The maximum atomic E-state index is 15.6. The molecule has 1 aliphatic rings. The van der Waals surface area contributed by atoms with Crippen LogP contribution in [-0.4, -0.2) is 47.0 Å². The summed E-state index contributed by atoms with van der Waals surface area (Å²) in [7, 11) is -0.753. The van der Waals surface area contributed by atoms with Gasteiger partial charge in [-0.3, -0.25) is 4.79 Å². The highest BCUT2D eigenvalue weighted by molar-refractivity contribution is 7.94. The summed E-state index contributed by atoms with van der Waals surface area (Å²) in [5, 5.41) is 6.07. The van der Waals surface area contributed by atoms with Crippen molar-refractivity contribution in [1.29, 1.82) is 0 Å². The number of fused-ring (bicyclic) bond motifs is 6. The molecule has 1 aliphatic heterocycles. The lowest BCUT2D eigenvalue weighted by molar-refractivity contribution is -0.144. The van der Waals surface area contributed by atoms with Gasteiger partial charge in [0.15, 0.2) is 33.1 Å². The number of nitrogens with one attached hydrogen (secondary N) is 1. The highest BCUT2D eigenvalue weighted by atomic mass is 32.2. The van der Waals surface area contributed by atoms with E-state index in [1.807, 2.05) is 45.0 Å². The molecule has 0 fully saturated rings. The lowest BCUT2D eigenvalue weighted by Gasteiger charge is -2.30. The molecule has 2 aromatic heterocycles. The first kappa shape index (κ1) is 36.9. The quantitative estimate of drug-likeness (QED) is 0.184. The topological polar surface area (TPSA) is 116 Å². The van der Waals surface area contributed by atoms with E-state index in [2.05, 4.69) is 4.98 Å². The highest BCUT2D eigenvalue weighted by Crippen LogP contribution is 2.40. The fourth-order valence-corrected chi connectivity index (χ4v) is 8.64. The number of carbonyl (C=O) groups excluding carboxylic acids is 1. The number of aryl methyl sites for hydroxylation is 1. The van der Waals surface area contributed by atoms with Crippen LogP contribution in [-0.2, 0) is 38.3 Å². The van der Waals surface area contributed by atoms with Crippen LogP contribution in [0.2, 0.25) is 0 Å². The smallest absolute Gasteiger partial charge is 0.308 e. The summed E-state index contributed by atoms with van der Waals surface area (Å²) >= 11 is 0. The van der Waals surface area contributed by atoms with Crippen LogP contribution < -0.4 is 4.74 Å². The van der Waals surface area contributed by atoms with Gasteiger partial charge in [0, 0.05) is 29.6 Å². The van der Waals surface area contributed by atoms with Crippen LogP contribution in [0.15, 0.2) is 60.1 Å². The van der Waals surface area contributed by atoms with Gasteiger partial charge in [-0.1, -0.05) is 51.5 Å². The molecule has 0 saturated heterocycles. The number of sulfone groups is 1. The largest absolute Gasteiger partial charge is 0.469 e. The zero-order valence-electron chi connectivity index (χ0n) is 29.9. The molecular weight excluding hydrogens is 694 g/mol. The summed E-state index contributed by atoms with van der Waals surface area (Å²) in [6.45, 7) is 7.56. The van der Waals surface area contributed by atoms with Gasteiger partial charge >= 0.3 is 5.97 Å². The second-order valence-electron chi connectivity index (χ2n) is 14.6. The zero-order chi connectivity index (χ0) is 37.6. The van der Waals surface area contributed by atoms with Crippen molar-refractivity contribution in [3.8, 4) is 22.9 Å². The summed E-state index contributed by atoms with van der Waals surface area (Å²) in [5.74, 6) is -3.84. The molecule has 13 heteroatoms. The van der Waals surface area contributed by atoms with Gasteiger partial charge in [-0.25, -0.2) is 26.9 Å². The van der Waals surface area contributed by atoms with Crippen LogP contribution >= 0.6 is 0 Å². The van der Waals surface area contributed by atoms with Crippen molar-refractivity contribution in [2.75, 3.05) is 12.9 Å². The second-order valence-corrected chi connectivity index (χ2v) is 16.5. The van der Waals surface area contributed by atoms with Gasteiger partial charge in [-0.2, -0.15) is 9.49 Å². The molecule has 3 heterocycles. The molecule has 0 aliphatic carbocycles. The van der Waals surface area contributed by atoms with Crippen LogP contribution in [0.4, 0.5) is 13.2 Å². The molecule has 274 valence electrons. The average Bonchev–Trinajstić information content (AvgIpc) is 3.69. The summed E-state index contributed by atoms with van der Waals surface area (Å²) in [6, 6.07) is 12.9. The Morgan fingerprint density at radius 2 is 1.85 bits per heavy atom. The fourth-order valence-electron chi connectivity index (χ4n) is 6.96. The molecule has 5 aromatic rings. The third-order valence-electron chi connectivity index (χ3n) is 9.81. The van der Waals surface area contributed by atoms with Gasteiger partial charge in [-0.05, 0) is 73.1 Å². The first-order valence-corrected chi connectivity index (χ1v) is 18.7. The van der Waals surface area contributed by atoms with Crippen LogP contribution in [0.3, 0.4) is 0 Å². The molecule has 9 nitrogen and oxygen atoms in total. The van der Waals surface area contributed by atoms with E-state index in [-0.39, 0.29) is 45.7 Å². The number of halogens is 3. The van der Waals surface area contributed by atoms with Crippen molar-refractivity contribution in [1.82, 2.24) is 19.7 Å². The van der Waals surface area contributed by atoms with Crippen LogP contribution in [0.5, 0.6) is 11.5 Å². The predicted octanol–water partition coefficient (Wildman–Crippen LogP) is 8.43. The van der Waals surface area contributed by atoms with Gasteiger partial charge in [0.25, 0.3) is 0 Å². The van der Waals surface area contributed by atoms with Crippen LogP contribution in [0, 0.1) is 28.8 Å². The lowest BCUT2D eigenvalue weighted by Crippen LogP contribution is -2.28. The number of ether oxygens (including phenoxy) is 2. The number of H-pyrrole nitrogens is 1. The third-order valence-corrected chi connectivity index (χ3v) is 11.5. The number of aromatic nitrogens is 4. The molecule has 0 spiro atoms. The number of hydrogen-bond acceptors (Lipinski definition) is 7. The molecule has 0 radical (unpaired) electrons. The van der Waals surface area contributed by atoms with E-state index in [9.17, 15) is 13.2 Å². The summed E-state index contributed by atoms with van der Waals surface area (Å²) in [4.78, 5) is 19.8. The Bertz CT molecular complexity index is 2310. The number of rotatable bonds is 4. The number of aromatic amines is 1. The molecule has 1 N–H and O–H groups in total. The van der Waals surface area contributed by atoms with E-state index in [4.69, 9.17) is 19.6 Å². The summed E-state index contributed by atoms with van der Waals surface area (Å²) in [5.41, 5.74) is 0.493. The van der Waals surface area contributed by atoms with Crippen molar-refractivity contribution < 1.29 is 35.9 Å². The van der Waals surface area contributed by atoms with E-state index >= 15 is 13.2 Å². The van der Waals surface area contributed by atoms with Gasteiger partial charge in [0.2, 0.25) is 5.82 Å². The van der Waals surface area contributed by atoms with Gasteiger partial charge in [-0.15, -0.1) is 0 Å². The van der Waals surface area contributed by atoms with Gasteiger partial charge < -0.3 is 14.5 Å². The average molecular weight is 735 g/mol. The molecule has 0 saturated carbocycles. The molecule has 2 atom stereocenters. The van der Waals surface area contributed by atoms with Crippen molar-refractivity contribution in [3.05, 3.63) is 100 Å². The van der Waals surface area contributed by atoms with Crippen molar-refractivity contribution in [3.63, 3.8) is 0 Å². The number of nitrogens with zero attached hydrogens (tertiary/aromatic N) is 3. The van der Waals surface area contributed by atoms with Gasteiger partial charge in [0.1, 0.15) is 11.6 Å². The zero-order valence-corrected chi connectivity index (χ0v) is 30.7. The fraction of sp³-hybridized carbons (Fsp3) is 0.359. The second kappa shape index (κ2) is 13.9. The Kier molecular flexibility index (Phi) is 9.86. The predicted molar refractivity (Wildman–Crippen MR) is 193 cm³/mol. The number of esters is 1. The third kappa shape index (κ3) is 7.37. The first-order valence-electron chi connectivity index (χ1n) is 17.0. The molecule has 0 amide bonds. The molecule has 6 bridgehead atoms. The van der Waals surface area contributed by atoms with Crippen LogP contribution in [0.25, 0.3) is 28.4 Å². The lowest BCUT2D eigenvalue weighted by atomic mass is 9.75. The molecule has 3 aromatic carbocycles. The number of hydrogen-bond donors (Lipinski definition) is 1. The summed E-state index contributed by atoms with van der Waals surface area (Å²) < 4.78 is 85.1. The molecule has 0 unspecified atom stereocenters. The number of carbonyl (C=O) groups is 1. The van der Waals surface area contributed by atoms with E-state index in [0.29, 0.717) is 37.1 Å². The van der Waals surface area contributed by atoms with Crippen LogP contribution in [0.1, 0.15) is 69.5 Å². The van der Waals surface area contributed by atoms with E-state index in [1.165, 1.54) is 42.3 Å². The Balaban J connectivity index is 1.49. The first-order chi connectivity index (χ1) is 24.5. The minimum Gasteiger partial charge on any atom is -0.469 e. The van der Waals surface area contributed by atoms with E-state index in [1.54, 1.807) is 14.0 Å². The Morgan fingerprint density at radius 3 is 2.60 bits per heavy atom. The molecule has 6 rings (SSSR count). The maximum absolute atomic E-state index is 15.6. The Morgan fingerprint density at radius 1 is 1.08 bits per heavy atom. The minimum atomic E-state index is -3.75. The Labute approximate surface area is 300 Å². The normalized spacial score (nSPS) is 19.9. The molecular formula is C39H41F3N4O5S. The van der Waals surface area contributed by atoms with Gasteiger partial charge in [0.05, 0.1) is 35.3 Å². The molecule has 52 heavy (non-hydrogen) atoms. The Hall–Kier alpha value is -4.91. The number of benzene rings is 3. The highest BCUT2D eigenvalue weighted by Gasteiger charge is 2.36. The summed E-state index contributed by atoms with van der Waals surface area (Å²) in [6.07, 6.45) is 4.83. The van der Waals surface area contributed by atoms with Crippen molar-refractivity contribution in [2.24, 2.45) is 18.4 Å². The minimum absolute atomic E-state index is 0.0145. The van der Waals surface area contributed by atoms with Crippen molar-refractivity contribution >= 4 is 32.8 Å². The number of methoxy groups -OCH3 is 1. The van der Waals surface area contributed by atoms with Crippen molar-refractivity contribution in [2.45, 2.75) is 58.8 Å². The van der Waals surface area contributed by atoms with E-state index in [0.717, 1.165) is 22.6 Å². The SMILES string of the molecule is COC(=O)[C@@H](C)Cc1cccc([C@@]2(C)CCCC(C)(C)CS(=O)(=O)/C=C\c3c[nH]c4c(F)c(F)c(cc34)Oc3ccc(F)c(c3)-c3nc2nn3C)c1.